The summed E-state index contributed by atoms with van der Waals surface area (Å²) in [6, 6.07) is 8.20. The highest BCUT2D eigenvalue weighted by Gasteiger charge is 2.30. The molecular weight excluding hydrogens is 401 g/mol. The van der Waals surface area contributed by atoms with Gasteiger partial charge in [0.05, 0.1) is 13.3 Å². The Labute approximate surface area is 168 Å². The Kier molecular flexibility index (Phi) is 5.13. The standard InChI is InChI=1S/C20H15F3N4O3/c1-29-19(28)17-7-10-6-11(3-5-16(10)30-17)26-20-24-9-15(23)18(27-20)25-12-2-4-13(21)14(22)8-12/h2-6,8-9,17H,7H2,1H3,(H2,24,25,26,27). The van der Waals surface area contributed by atoms with Gasteiger partial charge in [-0.25, -0.2) is 22.9 Å². The molecule has 2 heterocycles. The number of hydrogen-bond acceptors (Lipinski definition) is 7. The molecule has 2 aromatic carbocycles. The van der Waals surface area contributed by atoms with Crippen LogP contribution < -0.4 is 15.4 Å². The molecule has 1 aromatic heterocycles. The van der Waals surface area contributed by atoms with E-state index < -0.39 is 29.5 Å². The topological polar surface area (TPSA) is 85.4 Å². The number of carbonyl (C=O) groups is 1. The summed E-state index contributed by atoms with van der Waals surface area (Å²) in [6.45, 7) is 0. The lowest BCUT2D eigenvalue weighted by Gasteiger charge is -2.10. The molecule has 1 atom stereocenters. The van der Waals surface area contributed by atoms with E-state index in [1.807, 2.05) is 0 Å². The molecule has 0 spiro atoms. The van der Waals surface area contributed by atoms with E-state index in [9.17, 15) is 18.0 Å². The van der Waals surface area contributed by atoms with Crippen molar-refractivity contribution in [2.24, 2.45) is 0 Å². The van der Waals surface area contributed by atoms with Crippen molar-refractivity contribution in [1.29, 1.82) is 0 Å². The first kappa shape index (κ1) is 19.5. The minimum atomic E-state index is -1.07. The van der Waals surface area contributed by atoms with E-state index in [0.29, 0.717) is 17.9 Å². The molecule has 0 saturated heterocycles. The first-order chi connectivity index (χ1) is 14.4. The third-order valence-corrected chi connectivity index (χ3v) is 4.38. The molecular formula is C20H15F3N4O3. The Morgan fingerprint density at radius 2 is 1.83 bits per heavy atom. The zero-order chi connectivity index (χ0) is 21.3. The van der Waals surface area contributed by atoms with Crippen LogP contribution in [0.2, 0.25) is 0 Å². The fourth-order valence-corrected chi connectivity index (χ4v) is 2.94. The zero-order valence-electron chi connectivity index (χ0n) is 15.6. The van der Waals surface area contributed by atoms with Crippen molar-refractivity contribution in [3.8, 4) is 5.75 Å². The van der Waals surface area contributed by atoms with E-state index in [4.69, 9.17) is 9.47 Å². The summed E-state index contributed by atoms with van der Waals surface area (Å²) in [7, 11) is 1.29. The zero-order valence-corrected chi connectivity index (χ0v) is 15.6. The molecule has 10 heteroatoms. The smallest absolute Gasteiger partial charge is 0.347 e. The molecule has 1 unspecified atom stereocenters. The van der Waals surface area contributed by atoms with Crippen LogP contribution in [-0.2, 0) is 16.0 Å². The average Bonchev–Trinajstić information content (AvgIpc) is 3.16. The van der Waals surface area contributed by atoms with Gasteiger partial charge in [-0.1, -0.05) is 0 Å². The van der Waals surface area contributed by atoms with Gasteiger partial charge in [-0.3, -0.25) is 0 Å². The van der Waals surface area contributed by atoms with Crippen molar-refractivity contribution in [3.63, 3.8) is 0 Å². The van der Waals surface area contributed by atoms with Crippen molar-refractivity contribution in [2.45, 2.75) is 12.5 Å². The molecule has 4 rings (SSSR count). The Morgan fingerprint density at radius 3 is 2.60 bits per heavy atom. The number of aromatic nitrogens is 2. The molecule has 0 saturated carbocycles. The van der Waals surface area contributed by atoms with Crippen LogP contribution in [-0.4, -0.2) is 29.2 Å². The second-order valence-corrected chi connectivity index (χ2v) is 6.43. The summed E-state index contributed by atoms with van der Waals surface area (Å²) in [4.78, 5) is 19.6. The third-order valence-electron chi connectivity index (χ3n) is 4.38. The molecule has 0 fully saturated rings. The third kappa shape index (κ3) is 3.97. The van der Waals surface area contributed by atoms with Crippen molar-refractivity contribution in [1.82, 2.24) is 9.97 Å². The molecule has 3 aromatic rings. The summed E-state index contributed by atoms with van der Waals surface area (Å²) in [5.41, 5.74) is 1.51. The SMILES string of the molecule is COC(=O)C1Cc2cc(Nc3ncc(F)c(Nc4ccc(F)c(F)c4)n3)ccc2O1. The molecule has 0 amide bonds. The molecule has 154 valence electrons. The van der Waals surface area contributed by atoms with E-state index in [1.54, 1.807) is 18.2 Å². The number of carbonyl (C=O) groups excluding carboxylic acids is 1. The van der Waals surface area contributed by atoms with Crippen LogP contribution in [0.25, 0.3) is 0 Å². The van der Waals surface area contributed by atoms with Crippen LogP contribution >= 0.6 is 0 Å². The number of hydrogen-bond donors (Lipinski definition) is 2. The molecule has 7 nitrogen and oxygen atoms in total. The number of halogens is 3. The number of nitrogens with one attached hydrogen (secondary N) is 2. The largest absolute Gasteiger partial charge is 0.478 e. The van der Waals surface area contributed by atoms with Gasteiger partial charge in [0.1, 0.15) is 5.75 Å². The van der Waals surface area contributed by atoms with Crippen LogP contribution in [0, 0.1) is 17.5 Å². The Morgan fingerprint density at radius 1 is 1.07 bits per heavy atom. The number of benzene rings is 2. The minimum Gasteiger partial charge on any atom is -0.478 e. The molecule has 0 radical (unpaired) electrons. The van der Waals surface area contributed by atoms with Crippen LogP contribution in [0.5, 0.6) is 5.75 Å². The molecule has 0 aliphatic carbocycles. The highest BCUT2D eigenvalue weighted by molar-refractivity contribution is 5.77. The molecule has 2 N–H and O–H groups in total. The Hall–Kier alpha value is -3.82. The number of esters is 1. The fourth-order valence-electron chi connectivity index (χ4n) is 2.94. The maximum absolute atomic E-state index is 14.1. The van der Waals surface area contributed by atoms with Gasteiger partial charge in [-0.15, -0.1) is 0 Å². The second kappa shape index (κ2) is 7.90. The van der Waals surface area contributed by atoms with Gasteiger partial charge in [0, 0.05) is 29.4 Å². The second-order valence-electron chi connectivity index (χ2n) is 6.43. The van der Waals surface area contributed by atoms with E-state index in [-0.39, 0.29) is 17.5 Å². The summed E-state index contributed by atoms with van der Waals surface area (Å²) in [5, 5.41) is 5.52. The van der Waals surface area contributed by atoms with Crippen molar-refractivity contribution in [2.75, 3.05) is 17.7 Å². The van der Waals surface area contributed by atoms with Gasteiger partial charge in [-0.05, 0) is 30.3 Å². The highest BCUT2D eigenvalue weighted by Crippen LogP contribution is 2.32. The lowest BCUT2D eigenvalue weighted by Crippen LogP contribution is -2.26. The van der Waals surface area contributed by atoms with Crippen LogP contribution in [0.15, 0.2) is 42.6 Å². The summed E-state index contributed by atoms with van der Waals surface area (Å²) < 4.78 is 50.7. The van der Waals surface area contributed by atoms with Crippen LogP contribution in [0.4, 0.5) is 36.3 Å². The normalized spacial score (nSPS) is 14.6. The van der Waals surface area contributed by atoms with Gasteiger partial charge in [0.25, 0.3) is 0 Å². The Bertz CT molecular complexity index is 1130. The maximum Gasteiger partial charge on any atom is 0.347 e. The number of nitrogens with zero attached hydrogens (tertiary/aromatic N) is 2. The van der Waals surface area contributed by atoms with Crippen LogP contribution in [0.3, 0.4) is 0 Å². The predicted octanol–water partition coefficient (Wildman–Crippen LogP) is 3.86. The quantitative estimate of drug-likeness (QED) is 0.611. The first-order valence-corrected chi connectivity index (χ1v) is 8.82. The highest BCUT2D eigenvalue weighted by atomic mass is 19.2. The van der Waals surface area contributed by atoms with E-state index in [1.165, 1.54) is 13.2 Å². The van der Waals surface area contributed by atoms with E-state index in [2.05, 4.69) is 20.6 Å². The molecule has 0 bridgehead atoms. The summed E-state index contributed by atoms with van der Waals surface area (Å²) in [5.74, 6) is -2.89. The summed E-state index contributed by atoms with van der Waals surface area (Å²) >= 11 is 0. The number of fused-ring (bicyclic) bond motifs is 1. The molecule has 30 heavy (non-hydrogen) atoms. The number of ether oxygens (including phenoxy) is 2. The van der Waals surface area contributed by atoms with Gasteiger partial charge in [-0.2, -0.15) is 4.98 Å². The maximum atomic E-state index is 14.1. The number of anilines is 4. The van der Waals surface area contributed by atoms with Crippen molar-refractivity contribution < 1.29 is 27.4 Å². The summed E-state index contributed by atoms with van der Waals surface area (Å²) in [6.07, 6.45) is 0.598. The van der Waals surface area contributed by atoms with Gasteiger partial charge in [0.15, 0.2) is 29.4 Å². The fraction of sp³-hybridized carbons (Fsp3) is 0.150. The van der Waals surface area contributed by atoms with Gasteiger partial charge in [0.2, 0.25) is 5.95 Å². The monoisotopic (exact) mass is 416 g/mol. The number of rotatable bonds is 5. The average molecular weight is 416 g/mol. The molecule has 1 aliphatic heterocycles. The van der Waals surface area contributed by atoms with Crippen molar-refractivity contribution >= 4 is 29.1 Å². The lowest BCUT2D eigenvalue weighted by atomic mass is 10.1. The first-order valence-electron chi connectivity index (χ1n) is 8.82. The van der Waals surface area contributed by atoms with Gasteiger partial charge < -0.3 is 20.1 Å². The Balaban J connectivity index is 1.51. The minimum absolute atomic E-state index is 0.0740. The van der Waals surface area contributed by atoms with Gasteiger partial charge >= 0.3 is 5.97 Å². The number of methoxy groups -OCH3 is 1. The van der Waals surface area contributed by atoms with Crippen LogP contribution in [0.1, 0.15) is 5.56 Å². The predicted molar refractivity (Wildman–Crippen MR) is 101 cm³/mol. The molecule has 1 aliphatic rings. The van der Waals surface area contributed by atoms with E-state index in [0.717, 1.165) is 23.9 Å². The van der Waals surface area contributed by atoms with E-state index >= 15 is 0 Å². The lowest BCUT2D eigenvalue weighted by molar-refractivity contribution is -0.147. The van der Waals surface area contributed by atoms with Crippen molar-refractivity contribution in [3.05, 3.63) is 65.6 Å².